The van der Waals surface area contributed by atoms with E-state index in [1.54, 1.807) is 6.07 Å². The third kappa shape index (κ3) is 4.72. The number of hydrogen-bond donors (Lipinski definition) is 2. The van der Waals surface area contributed by atoms with E-state index in [4.69, 9.17) is 33.0 Å². The van der Waals surface area contributed by atoms with E-state index in [0.29, 0.717) is 22.3 Å². The smallest absolute Gasteiger partial charge is 0.142 e. The molecule has 0 amide bonds. The second-order valence-corrected chi connectivity index (χ2v) is 4.47. The SMILES string of the molecule is CCCNCc1cc(Cl)cc(Cl)c1OCCO. The predicted octanol–water partition coefficient (Wildman–Crippen LogP) is 2.86. The number of ether oxygens (including phenoxy) is 1. The van der Waals surface area contributed by atoms with Crippen molar-refractivity contribution < 1.29 is 9.84 Å². The molecule has 1 aromatic carbocycles. The third-order valence-corrected chi connectivity index (χ3v) is 2.66. The Bertz CT molecular complexity index is 359. The molecule has 0 aliphatic rings. The van der Waals surface area contributed by atoms with Gasteiger partial charge in [-0.3, -0.25) is 0 Å². The summed E-state index contributed by atoms with van der Waals surface area (Å²) in [7, 11) is 0. The number of nitrogens with one attached hydrogen (secondary N) is 1. The van der Waals surface area contributed by atoms with Crippen LogP contribution in [-0.2, 0) is 6.54 Å². The summed E-state index contributed by atoms with van der Waals surface area (Å²) in [5.41, 5.74) is 0.907. The molecule has 0 saturated heterocycles. The molecule has 5 heteroatoms. The molecule has 17 heavy (non-hydrogen) atoms. The van der Waals surface area contributed by atoms with Crippen LogP contribution in [-0.4, -0.2) is 24.9 Å². The van der Waals surface area contributed by atoms with Gasteiger partial charge < -0.3 is 15.2 Å². The molecule has 0 fully saturated rings. The molecule has 0 heterocycles. The number of aliphatic hydroxyl groups is 1. The Kier molecular flexibility index (Phi) is 6.66. The van der Waals surface area contributed by atoms with Gasteiger partial charge in [0.25, 0.3) is 0 Å². The van der Waals surface area contributed by atoms with Crippen LogP contribution >= 0.6 is 23.2 Å². The molecule has 1 rings (SSSR count). The van der Waals surface area contributed by atoms with E-state index in [9.17, 15) is 0 Å². The van der Waals surface area contributed by atoms with Crippen molar-refractivity contribution >= 4 is 23.2 Å². The Morgan fingerprint density at radius 2 is 2.12 bits per heavy atom. The molecule has 2 N–H and O–H groups in total. The summed E-state index contributed by atoms with van der Waals surface area (Å²) in [5, 5.41) is 13.1. The summed E-state index contributed by atoms with van der Waals surface area (Å²) in [4.78, 5) is 0. The van der Waals surface area contributed by atoms with E-state index in [0.717, 1.165) is 18.5 Å². The normalized spacial score (nSPS) is 10.6. The maximum absolute atomic E-state index is 8.77. The zero-order valence-corrected chi connectivity index (χ0v) is 11.3. The van der Waals surface area contributed by atoms with Crippen molar-refractivity contribution in [3.63, 3.8) is 0 Å². The fourth-order valence-corrected chi connectivity index (χ4v) is 2.04. The summed E-state index contributed by atoms with van der Waals surface area (Å²) < 4.78 is 5.42. The highest BCUT2D eigenvalue weighted by molar-refractivity contribution is 6.35. The van der Waals surface area contributed by atoms with Crippen molar-refractivity contribution in [3.05, 3.63) is 27.7 Å². The van der Waals surface area contributed by atoms with Crippen LogP contribution in [0.25, 0.3) is 0 Å². The quantitative estimate of drug-likeness (QED) is 0.753. The Morgan fingerprint density at radius 3 is 2.76 bits per heavy atom. The molecule has 0 aromatic heterocycles. The molecule has 0 spiro atoms. The Balaban J connectivity index is 2.82. The van der Waals surface area contributed by atoms with Crippen LogP contribution in [0.1, 0.15) is 18.9 Å². The molecular weight excluding hydrogens is 261 g/mol. The van der Waals surface area contributed by atoms with Crippen LogP contribution in [0.3, 0.4) is 0 Å². The van der Waals surface area contributed by atoms with Crippen molar-refractivity contribution in [1.29, 1.82) is 0 Å². The lowest BCUT2D eigenvalue weighted by atomic mass is 10.2. The summed E-state index contributed by atoms with van der Waals surface area (Å²) in [6, 6.07) is 3.46. The number of hydrogen-bond acceptors (Lipinski definition) is 3. The first-order valence-corrected chi connectivity index (χ1v) is 6.37. The number of benzene rings is 1. The van der Waals surface area contributed by atoms with E-state index in [1.807, 2.05) is 6.07 Å². The second kappa shape index (κ2) is 7.77. The van der Waals surface area contributed by atoms with Crippen molar-refractivity contribution in [2.45, 2.75) is 19.9 Å². The molecule has 0 radical (unpaired) electrons. The minimum Gasteiger partial charge on any atom is -0.489 e. The molecular formula is C12H17Cl2NO2. The highest BCUT2D eigenvalue weighted by atomic mass is 35.5. The first-order chi connectivity index (χ1) is 8.19. The first-order valence-electron chi connectivity index (χ1n) is 5.61. The number of aliphatic hydroxyl groups excluding tert-OH is 1. The molecule has 3 nitrogen and oxygen atoms in total. The predicted molar refractivity (Wildman–Crippen MR) is 71.0 cm³/mol. The summed E-state index contributed by atoms with van der Waals surface area (Å²) in [6.07, 6.45) is 1.06. The monoisotopic (exact) mass is 277 g/mol. The molecule has 0 aliphatic heterocycles. The molecule has 0 unspecified atom stereocenters. The fraction of sp³-hybridized carbons (Fsp3) is 0.500. The van der Waals surface area contributed by atoms with Gasteiger partial charge in [0.2, 0.25) is 0 Å². The third-order valence-electron chi connectivity index (χ3n) is 2.17. The van der Waals surface area contributed by atoms with E-state index in [2.05, 4.69) is 12.2 Å². The zero-order chi connectivity index (χ0) is 12.7. The molecule has 0 saturated carbocycles. The summed E-state index contributed by atoms with van der Waals surface area (Å²) >= 11 is 12.0. The van der Waals surface area contributed by atoms with Crippen molar-refractivity contribution in [2.24, 2.45) is 0 Å². The van der Waals surface area contributed by atoms with Gasteiger partial charge in [0.05, 0.1) is 11.6 Å². The van der Waals surface area contributed by atoms with E-state index in [1.165, 1.54) is 0 Å². The van der Waals surface area contributed by atoms with Gasteiger partial charge >= 0.3 is 0 Å². The van der Waals surface area contributed by atoms with Gasteiger partial charge in [0.15, 0.2) is 0 Å². The molecule has 0 bridgehead atoms. The summed E-state index contributed by atoms with van der Waals surface area (Å²) in [6.45, 7) is 3.85. The standard InChI is InChI=1S/C12H17Cl2NO2/c1-2-3-15-8-9-6-10(13)7-11(14)12(9)17-5-4-16/h6-7,15-16H,2-5,8H2,1H3. The maximum atomic E-state index is 8.77. The van der Waals surface area contributed by atoms with Crippen LogP contribution in [0, 0.1) is 0 Å². The highest BCUT2D eigenvalue weighted by Crippen LogP contribution is 2.32. The van der Waals surface area contributed by atoms with Crippen LogP contribution in [0.5, 0.6) is 5.75 Å². The van der Waals surface area contributed by atoms with Crippen LogP contribution < -0.4 is 10.1 Å². The Morgan fingerprint density at radius 1 is 1.35 bits per heavy atom. The van der Waals surface area contributed by atoms with Gasteiger partial charge in [-0.1, -0.05) is 30.1 Å². The van der Waals surface area contributed by atoms with Crippen molar-refractivity contribution in [1.82, 2.24) is 5.32 Å². The van der Waals surface area contributed by atoms with Gasteiger partial charge in [0.1, 0.15) is 12.4 Å². The fourth-order valence-electron chi connectivity index (χ4n) is 1.45. The van der Waals surface area contributed by atoms with Gasteiger partial charge in [-0.05, 0) is 25.1 Å². The topological polar surface area (TPSA) is 41.5 Å². The number of rotatable bonds is 7. The second-order valence-electron chi connectivity index (χ2n) is 3.62. The minimum atomic E-state index is -0.0409. The zero-order valence-electron chi connectivity index (χ0n) is 9.80. The van der Waals surface area contributed by atoms with Crippen molar-refractivity contribution in [3.8, 4) is 5.75 Å². The van der Waals surface area contributed by atoms with Crippen LogP contribution in [0.2, 0.25) is 10.0 Å². The first kappa shape index (κ1) is 14.6. The lowest BCUT2D eigenvalue weighted by molar-refractivity contribution is 0.200. The molecule has 0 aliphatic carbocycles. The molecule has 1 aromatic rings. The highest BCUT2D eigenvalue weighted by Gasteiger charge is 2.10. The van der Waals surface area contributed by atoms with Crippen LogP contribution in [0.15, 0.2) is 12.1 Å². The largest absolute Gasteiger partial charge is 0.489 e. The average Bonchev–Trinajstić information content (AvgIpc) is 2.28. The van der Waals surface area contributed by atoms with Gasteiger partial charge in [-0.15, -0.1) is 0 Å². The summed E-state index contributed by atoms with van der Waals surface area (Å²) in [5.74, 6) is 0.591. The minimum absolute atomic E-state index is 0.0409. The number of halogens is 2. The molecule has 0 atom stereocenters. The Labute approximate surface area is 112 Å². The van der Waals surface area contributed by atoms with Gasteiger partial charge in [-0.2, -0.15) is 0 Å². The van der Waals surface area contributed by atoms with Crippen LogP contribution in [0.4, 0.5) is 0 Å². The van der Waals surface area contributed by atoms with Crippen molar-refractivity contribution in [2.75, 3.05) is 19.8 Å². The van der Waals surface area contributed by atoms with Gasteiger partial charge in [-0.25, -0.2) is 0 Å². The maximum Gasteiger partial charge on any atom is 0.142 e. The van der Waals surface area contributed by atoms with E-state index >= 15 is 0 Å². The lowest BCUT2D eigenvalue weighted by Crippen LogP contribution is -2.15. The van der Waals surface area contributed by atoms with E-state index in [-0.39, 0.29) is 13.2 Å². The lowest BCUT2D eigenvalue weighted by Gasteiger charge is -2.13. The van der Waals surface area contributed by atoms with E-state index < -0.39 is 0 Å². The molecule has 96 valence electrons. The van der Waals surface area contributed by atoms with Gasteiger partial charge in [0, 0.05) is 17.1 Å². The average molecular weight is 278 g/mol. The Hall–Kier alpha value is -0.480.